The second-order valence-electron chi connectivity index (χ2n) is 6.95. The molecule has 0 spiro atoms. The molecular weight excluding hydrogens is 308 g/mol. The second kappa shape index (κ2) is 7.03. The van der Waals surface area contributed by atoms with Crippen molar-refractivity contribution in [2.75, 3.05) is 11.9 Å². The zero-order chi connectivity index (χ0) is 17.9. The first-order valence-electron chi connectivity index (χ1n) is 8.09. The quantitative estimate of drug-likeness (QED) is 0.862. The van der Waals surface area contributed by atoms with E-state index >= 15 is 0 Å². The molecule has 1 N–H and O–H groups in total. The van der Waals surface area contributed by atoms with Crippen molar-refractivity contribution < 1.29 is 19.1 Å². The molecule has 6 nitrogen and oxygen atoms in total. The lowest BCUT2D eigenvalue weighted by molar-refractivity contribution is -0.120. The first kappa shape index (κ1) is 18.0. The summed E-state index contributed by atoms with van der Waals surface area (Å²) in [5.74, 6) is -0.270. The maximum absolute atomic E-state index is 12.5. The third-order valence-electron chi connectivity index (χ3n) is 3.74. The van der Waals surface area contributed by atoms with Crippen LogP contribution in [0.5, 0.6) is 0 Å². The number of carbonyl (C=O) groups is 3. The molecule has 0 aliphatic carbocycles. The van der Waals surface area contributed by atoms with Crippen LogP contribution in [0.4, 0.5) is 10.5 Å². The lowest BCUT2D eigenvalue weighted by Crippen LogP contribution is -2.45. The molecule has 1 fully saturated rings. The molecule has 1 aromatic rings. The van der Waals surface area contributed by atoms with Gasteiger partial charge < -0.3 is 10.1 Å². The Balaban J connectivity index is 2.02. The Hall–Kier alpha value is -2.37. The molecule has 1 saturated heterocycles. The zero-order valence-corrected chi connectivity index (χ0v) is 14.6. The number of ketones is 1. The fraction of sp³-hybridized carbons (Fsp3) is 0.500. The molecule has 130 valence electrons. The minimum Gasteiger partial charge on any atom is -0.444 e. The van der Waals surface area contributed by atoms with Gasteiger partial charge in [-0.1, -0.05) is 0 Å². The highest BCUT2D eigenvalue weighted by Gasteiger charge is 2.36. The van der Waals surface area contributed by atoms with Crippen molar-refractivity contribution >= 4 is 23.5 Å². The second-order valence-corrected chi connectivity index (χ2v) is 6.95. The average Bonchev–Trinajstić information content (AvgIpc) is 2.95. The number of Topliss-reactive ketones (excluding diaryl/α,β-unsaturated/α-hetero) is 1. The minimum atomic E-state index is -0.594. The first-order valence-corrected chi connectivity index (χ1v) is 8.09. The fourth-order valence-corrected chi connectivity index (χ4v) is 2.59. The van der Waals surface area contributed by atoms with Crippen LogP contribution in [-0.4, -0.2) is 40.9 Å². The standard InChI is InChI=1S/C18H24N2O4/c1-12(21)13-7-9-14(10-8-13)19-16(22)15-6-5-11-20(15)17(23)24-18(2,3)4/h7-10,15H,5-6,11H2,1-4H3,(H,19,22)/t15-/m0/s1. The third kappa shape index (κ3) is 4.57. The molecule has 0 radical (unpaired) electrons. The number of nitrogens with zero attached hydrogens (tertiary/aromatic N) is 1. The summed E-state index contributed by atoms with van der Waals surface area (Å²) in [6, 6.07) is 6.16. The molecule has 0 aromatic heterocycles. The van der Waals surface area contributed by atoms with Crippen LogP contribution in [-0.2, 0) is 9.53 Å². The Morgan fingerprint density at radius 1 is 1.17 bits per heavy atom. The van der Waals surface area contributed by atoms with Crippen LogP contribution in [0.2, 0.25) is 0 Å². The Morgan fingerprint density at radius 2 is 1.79 bits per heavy atom. The molecule has 1 aliphatic rings. The van der Waals surface area contributed by atoms with Crippen LogP contribution in [0.3, 0.4) is 0 Å². The molecule has 0 bridgehead atoms. The monoisotopic (exact) mass is 332 g/mol. The van der Waals surface area contributed by atoms with E-state index in [4.69, 9.17) is 4.74 Å². The maximum Gasteiger partial charge on any atom is 0.410 e. The highest BCUT2D eigenvalue weighted by atomic mass is 16.6. The zero-order valence-electron chi connectivity index (χ0n) is 14.6. The molecule has 1 aromatic carbocycles. The number of likely N-dealkylation sites (tertiary alicyclic amines) is 1. The molecule has 1 atom stereocenters. The van der Waals surface area contributed by atoms with Gasteiger partial charge in [-0.15, -0.1) is 0 Å². The average molecular weight is 332 g/mol. The lowest BCUT2D eigenvalue weighted by Gasteiger charge is -2.28. The highest BCUT2D eigenvalue weighted by molar-refractivity contribution is 5.98. The summed E-state index contributed by atoms with van der Waals surface area (Å²) >= 11 is 0. The van der Waals surface area contributed by atoms with Crippen molar-refractivity contribution in [1.29, 1.82) is 0 Å². The Labute approximate surface area is 142 Å². The SMILES string of the molecule is CC(=O)c1ccc(NC(=O)[C@@H]2CCCN2C(=O)OC(C)(C)C)cc1. The molecule has 0 unspecified atom stereocenters. The summed E-state index contributed by atoms with van der Waals surface area (Å²) < 4.78 is 5.36. The van der Waals surface area contributed by atoms with E-state index in [2.05, 4.69) is 5.32 Å². The van der Waals surface area contributed by atoms with Crippen LogP contribution >= 0.6 is 0 Å². The van der Waals surface area contributed by atoms with E-state index < -0.39 is 17.7 Å². The van der Waals surface area contributed by atoms with Crippen molar-refractivity contribution in [3.05, 3.63) is 29.8 Å². The van der Waals surface area contributed by atoms with Crippen LogP contribution in [0.1, 0.15) is 50.9 Å². The lowest BCUT2D eigenvalue weighted by atomic mass is 10.1. The van der Waals surface area contributed by atoms with Gasteiger partial charge in [0, 0.05) is 17.8 Å². The Morgan fingerprint density at radius 3 is 2.33 bits per heavy atom. The van der Waals surface area contributed by atoms with Crippen LogP contribution in [0.15, 0.2) is 24.3 Å². The Bertz CT molecular complexity index is 631. The van der Waals surface area contributed by atoms with Gasteiger partial charge in [0.2, 0.25) is 5.91 Å². The van der Waals surface area contributed by atoms with Crippen LogP contribution in [0.25, 0.3) is 0 Å². The predicted molar refractivity (Wildman–Crippen MR) is 91.0 cm³/mol. The summed E-state index contributed by atoms with van der Waals surface area (Å²) in [6.07, 6.45) is 0.907. The predicted octanol–water partition coefficient (Wildman–Crippen LogP) is 3.23. The number of rotatable bonds is 3. The molecule has 2 amide bonds. The summed E-state index contributed by atoms with van der Waals surface area (Å²) in [7, 11) is 0. The summed E-state index contributed by atoms with van der Waals surface area (Å²) in [4.78, 5) is 37.5. The van der Waals surface area contributed by atoms with Crippen molar-refractivity contribution in [3.63, 3.8) is 0 Å². The third-order valence-corrected chi connectivity index (χ3v) is 3.74. The van der Waals surface area contributed by atoms with Crippen molar-refractivity contribution in [2.45, 2.75) is 52.2 Å². The van der Waals surface area contributed by atoms with E-state index in [0.29, 0.717) is 24.2 Å². The number of hydrogen-bond acceptors (Lipinski definition) is 4. The number of ether oxygens (including phenoxy) is 1. The van der Waals surface area contributed by atoms with E-state index in [1.165, 1.54) is 11.8 Å². The van der Waals surface area contributed by atoms with Gasteiger partial charge in [0.05, 0.1) is 0 Å². The number of hydrogen-bond donors (Lipinski definition) is 1. The van der Waals surface area contributed by atoms with Gasteiger partial charge in [0.25, 0.3) is 0 Å². The van der Waals surface area contributed by atoms with Crippen molar-refractivity contribution in [3.8, 4) is 0 Å². The largest absolute Gasteiger partial charge is 0.444 e. The smallest absolute Gasteiger partial charge is 0.410 e. The first-order chi connectivity index (χ1) is 11.2. The minimum absolute atomic E-state index is 0.0280. The summed E-state index contributed by atoms with van der Waals surface area (Å²) in [5, 5.41) is 2.80. The van der Waals surface area contributed by atoms with Crippen LogP contribution < -0.4 is 5.32 Å². The number of amides is 2. The molecule has 24 heavy (non-hydrogen) atoms. The summed E-state index contributed by atoms with van der Waals surface area (Å²) in [6.45, 7) is 7.40. The molecule has 1 aliphatic heterocycles. The fourth-order valence-electron chi connectivity index (χ4n) is 2.59. The van der Waals surface area contributed by atoms with Crippen LogP contribution in [0, 0.1) is 0 Å². The number of carbonyl (C=O) groups excluding carboxylic acids is 3. The molecule has 1 heterocycles. The number of benzene rings is 1. The van der Waals surface area contributed by atoms with Gasteiger partial charge in [-0.3, -0.25) is 14.5 Å². The Kier molecular flexibility index (Phi) is 5.26. The van der Waals surface area contributed by atoms with Gasteiger partial charge in [-0.2, -0.15) is 0 Å². The molecule has 6 heteroatoms. The van der Waals surface area contributed by atoms with Gasteiger partial charge >= 0.3 is 6.09 Å². The van der Waals surface area contributed by atoms with E-state index in [9.17, 15) is 14.4 Å². The van der Waals surface area contributed by atoms with Gasteiger partial charge in [-0.25, -0.2) is 4.79 Å². The number of anilines is 1. The topological polar surface area (TPSA) is 75.7 Å². The van der Waals surface area contributed by atoms with Crippen molar-refractivity contribution in [2.24, 2.45) is 0 Å². The van der Waals surface area contributed by atoms with Gasteiger partial charge in [0.1, 0.15) is 11.6 Å². The molecule has 0 saturated carbocycles. The van der Waals surface area contributed by atoms with E-state index in [1.54, 1.807) is 45.0 Å². The number of nitrogens with one attached hydrogen (secondary N) is 1. The normalized spacial score (nSPS) is 17.5. The van der Waals surface area contributed by atoms with E-state index in [1.807, 2.05) is 0 Å². The van der Waals surface area contributed by atoms with Gasteiger partial charge in [0.15, 0.2) is 5.78 Å². The van der Waals surface area contributed by atoms with E-state index in [-0.39, 0.29) is 11.7 Å². The molecule has 2 rings (SSSR count). The molecular formula is C18H24N2O4. The maximum atomic E-state index is 12.5. The summed E-state index contributed by atoms with van der Waals surface area (Å²) in [5.41, 5.74) is 0.591. The van der Waals surface area contributed by atoms with E-state index in [0.717, 1.165) is 6.42 Å². The van der Waals surface area contributed by atoms with Gasteiger partial charge in [-0.05, 0) is 64.8 Å². The highest BCUT2D eigenvalue weighted by Crippen LogP contribution is 2.22. The van der Waals surface area contributed by atoms with Crippen molar-refractivity contribution in [1.82, 2.24) is 4.90 Å².